The number of fused-ring (bicyclic) bond motifs is 2. The number of rotatable bonds is 15. The molecule has 1 aromatic heterocycles. The lowest BCUT2D eigenvalue weighted by atomic mass is 9.97. The Morgan fingerprint density at radius 1 is 0.689 bits per heavy atom. The van der Waals surface area contributed by atoms with Crippen molar-refractivity contribution in [3.63, 3.8) is 0 Å². The summed E-state index contributed by atoms with van der Waals surface area (Å²) < 4.78 is 73.1. The molecule has 0 N–H and O–H groups in total. The molecule has 14 heteroatoms. The Balaban J connectivity index is 1.41. The SMILES string of the molecule is CC(C)[Si]1(C(C)C)OC[C@H]2O[C@@H](n3ccc4ccccc43)[C@H](OC(=O)c3ccccc3)[C@@H](OP(=O)(OCc3ccccc3)OCc3ccccc3)[C@@H]2O[Si](C(C)C)(C(C)C)O1. The van der Waals surface area contributed by atoms with E-state index in [1.165, 1.54) is 0 Å². The van der Waals surface area contributed by atoms with Crippen LogP contribution in [0.4, 0.5) is 0 Å². The van der Waals surface area contributed by atoms with Gasteiger partial charge in [-0.2, -0.15) is 0 Å². The average molecular weight is 886 g/mol. The second kappa shape index (κ2) is 19.3. The maximum Gasteiger partial charge on any atom is 0.475 e. The Bertz CT molecular complexity index is 2180. The molecular weight excluding hydrogens is 826 g/mol. The molecule has 0 spiro atoms. The van der Waals surface area contributed by atoms with E-state index in [4.69, 9.17) is 36.0 Å². The first-order chi connectivity index (χ1) is 29.2. The van der Waals surface area contributed by atoms with E-state index in [1.54, 1.807) is 24.3 Å². The molecular formula is C47H60NO10PSi2. The van der Waals surface area contributed by atoms with Gasteiger partial charge in [0.25, 0.3) is 0 Å². The minimum Gasteiger partial charge on any atom is -0.451 e. The summed E-state index contributed by atoms with van der Waals surface area (Å²) in [7, 11) is -10.9. The third-order valence-corrected chi connectivity index (χ3v) is 23.5. The van der Waals surface area contributed by atoms with E-state index in [9.17, 15) is 4.79 Å². The fourth-order valence-corrected chi connectivity index (χ4v) is 21.1. The van der Waals surface area contributed by atoms with Crippen molar-refractivity contribution in [2.45, 2.75) is 121 Å². The summed E-state index contributed by atoms with van der Waals surface area (Å²) in [4.78, 5) is 14.3. The maximum absolute atomic E-state index is 15.5. The normalized spacial score (nSPS) is 22.9. The number of aromatic nitrogens is 1. The van der Waals surface area contributed by atoms with Crippen LogP contribution in [0.3, 0.4) is 0 Å². The van der Waals surface area contributed by atoms with Gasteiger partial charge >= 0.3 is 30.9 Å². The Hall–Kier alpha value is -3.73. The lowest BCUT2D eigenvalue weighted by Crippen LogP contribution is -2.70. The molecule has 0 saturated carbocycles. The molecule has 5 atom stereocenters. The van der Waals surface area contributed by atoms with Crippen LogP contribution in [0.15, 0.2) is 128 Å². The molecule has 2 aliphatic rings. The van der Waals surface area contributed by atoms with Gasteiger partial charge in [-0.3, -0.25) is 13.6 Å². The Morgan fingerprint density at radius 3 is 1.77 bits per heavy atom. The Kier molecular flexibility index (Phi) is 14.4. The first-order valence-electron chi connectivity index (χ1n) is 21.4. The van der Waals surface area contributed by atoms with E-state index in [0.717, 1.165) is 22.0 Å². The molecule has 2 fully saturated rings. The molecule has 0 unspecified atom stereocenters. The smallest absolute Gasteiger partial charge is 0.451 e. The van der Waals surface area contributed by atoms with E-state index in [0.29, 0.717) is 5.56 Å². The molecule has 2 saturated heterocycles. The fourth-order valence-electron chi connectivity index (χ4n) is 8.57. The Labute approximate surface area is 362 Å². The van der Waals surface area contributed by atoms with Crippen LogP contribution in [0.5, 0.6) is 0 Å². The van der Waals surface area contributed by atoms with Gasteiger partial charge in [-0.25, -0.2) is 9.36 Å². The molecule has 0 radical (unpaired) electrons. The highest BCUT2D eigenvalue weighted by Gasteiger charge is 2.63. The number of esters is 1. The lowest BCUT2D eigenvalue weighted by Gasteiger charge is -2.55. The average Bonchev–Trinajstić information content (AvgIpc) is 3.68. The first kappa shape index (κ1) is 45.3. The van der Waals surface area contributed by atoms with Gasteiger partial charge in [0.15, 0.2) is 12.3 Å². The molecule has 2 aliphatic heterocycles. The van der Waals surface area contributed by atoms with Gasteiger partial charge in [-0.1, -0.05) is 152 Å². The van der Waals surface area contributed by atoms with Gasteiger partial charge in [0.1, 0.15) is 18.3 Å². The predicted molar refractivity (Wildman–Crippen MR) is 240 cm³/mol. The van der Waals surface area contributed by atoms with E-state index in [1.807, 2.05) is 108 Å². The van der Waals surface area contributed by atoms with Crippen LogP contribution in [0.1, 0.15) is 83.1 Å². The summed E-state index contributed by atoms with van der Waals surface area (Å²) in [5.41, 5.74) is 2.73. The molecule has 4 aromatic carbocycles. The van der Waals surface area contributed by atoms with Crippen molar-refractivity contribution in [2.75, 3.05) is 6.61 Å². The number of ether oxygens (including phenoxy) is 2. The van der Waals surface area contributed by atoms with E-state index in [-0.39, 0.29) is 42.0 Å². The van der Waals surface area contributed by atoms with Crippen LogP contribution in [0.25, 0.3) is 10.9 Å². The van der Waals surface area contributed by atoms with Gasteiger partial charge in [0.05, 0.1) is 30.9 Å². The summed E-state index contributed by atoms with van der Waals surface area (Å²) in [5.74, 6) is -0.617. The summed E-state index contributed by atoms with van der Waals surface area (Å²) in [6.45, 7) is 17.1. The second-order valence-electron chi connectivity index (χ2n) is 17.2. The van der Waals surface area contributed by atoms with Crippen molar-refractivity contribution < 1.29 is 45.4 Å². The fraction of sp³-hybridized carbons (Fsp3) is 0.426. The zero-order valence-electron chi connectivity index (χ0n) is 36.4. The summed E-state index contributed by atoms with van der Waals surface area (Å²) in [6.07, 6.45) is -3.42. The van der Waals surface area contributed by atoms with Crippen molar-refractivity contribution in [2.24, 2.45) is 0 Å². The van der Waals surface area contributed by atoms with Crippen LogP contribution in [-0.2, 0) is 53.8 Å². The number of carbonyl (C=O) groups excluding carboxylic acids is 1. The number of para-hydroxylation sites is 1. The second-order valence-corrected chi connectivity index (χ2v) is 27.6. The van der Waals surface area contributed by atoms with Crippen molar-refractivity contribution in [3.05, 3.63) is 144 Å². The number of hydrogen-bond acceptors (Lipinski definition) is 10. The zero-order valence-corrected chi connectivity index (χ0v) is 39.3. The highest BCUT2D eigenvalue weighted by molar-refractivity contribution is 7.48. The van der Waals surface area contributed by atoms with E-state index in [2.05, 4.69) is 55.4 Å². The molecule has 5 aromatic rings. The minimum atomic E-state index is -4.55. The molecule has 61 heavy (non-hydrogen) atoms. The summed E-state index contributed by atoms with van der Waals surface area (Å²) in [6, 6.07) is 37.5. The van der Waals surface area contributed by atoms with Crippen molar-refractivity contribution in [3.8, 4) is 0 Å². The number of phosphoric ester groups is 1. The lowest BCUT2D eigenvalue weighted by molar-refractivity contribution is -0.248. The highest BCUT2D eigenvalue weighted by Crippen LogP contribution is 2.56. The number of benzene rings is 4. The van der Waals surface area contributed by atoms with Gasteiger partial charge < -0.3 is 27.0 Å². The summed E-state index contributed by atoms with van der Waals surface area (Å²) in [5, 5.41) is 0.956. The number of hydrogen-bond donors (Lipinski definition) is 0. The van der Waals surface area contributed by atoms with Crippen molar-refractivity contribution in [1.82, 2.24) is 4.57 Å². The van der Waals surface area contributed by atoms with Crippen LogP contribution in [0.2, 0.25) is 22.2 Å². The quantitative estimate of drug-likeness (QED) is 0.0572. The number of phosphoric acid groups is 1. The predicted octanol–water partition coefficient (Wildman–Crippen LogP) is 11.6. The molecule has 0 bridgehead atoms. The Morgan fingerprint density at radius 2 is 1.21 bits per heavy atom. The standard InChI is InChI=1S/C47H60NO10PSi2/c1-33(2)60(34(3)4)53-32-42-43(57-61(58-60,35(5)6)36(7)8)44(56-59(50,51-30-37-20-12-9-13-21-37)52-31-38-22-14-10-15-23-38)45(55-47(49)40-25-16-11-17-26-40)46(54-42)48-29-28-39-24-18-19-27-41(39)48/h9-29,33-36,42-46H,30-32H2,1-8H3/t42-,43-,44+,45-,46-/m1/s1. The van der Waals surface area contributed by atoms with Crippen molar-refractivity contribution >= 4 is 41.8 Å². The first-order valence-corrected chi connectivity index (χ1v) is 26.8. The number of carbonyl (C=O) groups is 1. The topological polar surface area (TPSA) is 113 Å². The number of nitrogens with zero attached hydrogens (tertiary/aromatic N) is 1. The zero-order chi connectivity index (χ0) is 43.4. The van der Waals surface area contributed by atoms with Crippen LogP contribution in [-0.4, -0.2) is 58.7 Å². The monoisotopic (exact) mass is 885 g/mol. The van der Waals surface area contributed by atoms with Gasteiger partial charge in [-0.15, -0.1) is 0 Å². The molecule has 326 valence electrons. The van der Waals surface area contributed by atoms with Crippen LogP contribution in [0, 0.1) is 0 Å². The minimum absolute atomic E-state index is 0.0632. The highest BCUT2D eigenvalue weighted by atomic mass is 31.2. The molecule has 7 rings (SSSR count). The van der Waals surface area contributed by atoms with Crippen LogP contribution < -0.4 is 0 Å². The maximum atomic E-state index is 15.5. The van der Waals surface area contributed by atoms with Crippen molar-refractivity contribution in [1.29, 1.82) is 0 Å². The summed E-state index contributed by atoms with van der Waals surface area (Å²) >= 11 is 0. The molecule has 3 heterocycles. The van der Waals surface area contributed by atoms with E-state index >= 15 is 4.57 Å². The van der Waals surface area contributed by atoms with Crippen LogP contribution >= 0.6 is 7.82 Å². The van der Waals surface area contributed by atoms with Gasteiger partial charge in [0.2, 0.25) is 0 Å². The molecule has 0 aliphatic carbocycles. The third kappa shape index (κ3) is 9.77. The molecule has 0 amide bonds. The third-order valence-electron chi connectivity index (χ3n) is 11.8. The largest absolute Gasteiger partial charge is 0.475 e. The molecule has 11 nitrogen and oxygen atoms in total. The van der Waals surface area contributed by atoms with Gasteiger partial charge in [0, 0.05) is 6.20 Å². The van der Waals surface area contributed by atoms with Gasteiger partial charge in [-0.05, 0) is 62.9 Å². The van der Waals surface area contributed by atoms with E-state index < -0.39 is 61.6 Å².